The predicted molar refractivity (Wildman–Crippen MR) is 120 cm³/mol. The van der Waals surface area contributed by atoms with Crippen LogP contribution < -0.4 is 4.74 Å². The van der Waals surface area contributed by atoms with Crippen molar-refractivity contribution in [3.8, 4) is 5.75 Å². The van der Waals surface area contributed by atoms with Gasteiger partial charge in [0.2, 0.25) is 0 Å². The summed E-state index contributed by atoms with van der Waals surface area (Å²) in [5.41, 5.74) is 1.35. The number of hydrogen-bond donors (Lipinski definition) is 1. The topological polar surface area (TPSA) is 79.3 Å². The van der Waals surface area contributed by atoms with Crippen LogP contribution in [0.15, 0.2) is 60.2 Å². The molecule has 0 saturated carbocycles. The fourth-order valence-electron chi connectivity index (χ4n) is 4.31. The third-order valence-corrected chi connectivity index (χ3v) is 5.97. The molecular formula is C25H28N2O5. The lowest BCUT2D eigenvalue weighted by Crippen LogP contribution is -2.38. The summed E-state index contributed by atoms with van der Waals surface area (Å²) in [6.45, 7) is 4.39. The molecule has 2 aliphatic rings. The molecule has 2 aromatic rings. The number of carbonyl (C=O) groups is 2. The van der Waals surface area contributed by atoms with Crippen molar-refractivity contribution < 1.29 is 24.2 Å². The summed E-state index contributed by atoms with van der Waals surface area (Å²) in [6, 6.07) is 15.5. The molecule has 2 fully saturated rings. The van der Waals surface area contributed by atoms with Crippen LogP contribution in [0.3, 0.4) is 0 Å². The van der Waals surface area contributed by atoms with Crippen molar-refractivity contribution in [2.75, 3.05) is 46.5 Å². The Morgan fingerprint density at radius 3 is 2.53 bits per heavy atom. The van der Waals surface area contributed by atoms with Crippen molar-refractivity contribution in [2.45, 2.75) is 12.5 Å². The average molecular weight is 437 g/mol. The highest BCUT2D eigenvalue weighted by Crippen LogP contribution is 2.40. The Labute approximate surface area is 187 Å². The van der Waals surface area contributed by atoms with Gasteiger partial charge in [-0.1, -0.05) is 42.5 Å². The number of methoxy groups -OCH3 is 1. The van der Waals surface area contributed by atoms with Gasteiger partial charge in [-0.05, 0) is 24.1 Å². The minimum atomic E-state index is -0.671. The number of Topliss-reactive ketones (excluding diaryl/α,β-unsaturated/α-hetero) is 1. The molecule has 2 heterocycles. The van der Waals surface area contributed by atoms with E-state index in [0.717, 1.165) is 31.6 Å². The normalized spacial score (nSPS) is 21.2. The quantitative estimate of drug-likeness (QED) is 0.409. The van der Waals surface area contributed by atoms with Crippen LogP contribution in [0.5, 0.6) is 5.75 Å². The molecule has 1 amide bonds. The van der Waals surface area contributed by atoms with Crippen LogP contribution in [-0.4, -0.2) is 73.1 Å². The number of ketones is 1. The lowest BCUT2D eigenvalue weighted by atomic mass is 9.95. The first-order valence-corrected chi connectivity index (χ1v) is 10.9. The molecule has 0 unspecified atom stereocenters. The van der Waals surface area contributed by atoms with Gasteiger partial charge in [-0.2, -0.15) is 0 Å². The van der Waals surface area contributed by atoms with Gasteiger partial charge in [-0.3, -0.25) is 14.5 Å². The average Bonchev–Trinajstić information content (AvgIpc) is 3.10. The van der Waals surface area contributed by atoms with Crippen molar-refractivity contribution in [3.63, 3.8) is 0 Å². The molecular weight excluding hydrogens is 408 g/mol. The van der Waals surface area contributed by atoms with E-state index in [-0.39, 0.29) is 11.3 Å². The first kappa shape index (κ1) is 22.0. The van der Waals surface area contributed by atoms with Gasteiger partial charge in [0.25, 0.3) is 11.7 Å². The van der Waals surface area contributed by atoms with E-state index in [1.54, 1.807) is 36.3 Å². The minimum absolute atomic E-state index is 0.112. The molecule has 0 aliphatic carbocycles. The molecule has 4 rings (SSSR count). The van der Waals surface area contributed by atoms with E-state index in [9.17, 15) is 14.7 Å². The zero-order chi connectivity index (χ0) is 22.5. The number of nitrogens with zero attached hydrogens (tertiary/aromatic N) is 2. The third-order valence-electron chi connectivity index (χ3n) is 5.97. The lowest BCUT2D eigenvalue weighted by molar-refractivity contribution is -0.140. The summed E-state index contributed by atoms with van der Waals surface area (Å²) in [5.74, 6) is -0.781. The van der Waals surface area contributed by atoms with Crippen LogP contribution in [0.4, 0.5) is 0 Å². The number of rotatable bonds is 7. The fourth-order valence-corrected chi connectivity index (χ4v) is 4.31. The number of morpholine rings is 1. The summed E-state index contributed by atoms with van der Waals surface area (Å²) in [7, 11) is 1.57. The number of aliphatic hydroxyl groups excluding tert-OH is 1. The largest absolute Gasteiger partial charge is 0.507 e. The number of hydrogen-bond acceptors (Lipinski definition) is 6. The molecule has 168 valence electrons. The van der Waals surface area contributed by atoms with Crippen LogP contribution >= 0.6 is 0 Å². The van der Waals surface area contributed by atoms with E-state index in [2.05, 4.69) is 4.90 Å². The number of likely N-dealkylation sites (tertiary alicyclic amines) is 1. The van der Waals surface area contributed by atoms with E-state index in [1.807, 2.05) is 30.3 Å². The smallest absolute Gasteiger partial charge is 0.295 e. The van der Waals surface area contributed by atoms with E-state index in [4.69, 9.17) is 9.47 Å². The minimum Gasteiger partial charge on any atom is -0.507 e. The second kappa shape index (κ2) is 9.97. The second-order valence-corrected chi connectivity index (χ2v) is 7.94. The van der Waals surface area contributed by atoms with Gasteiger partial charge in [0.15, 0.2) is 0 Å². The van der Waals surface area contributed by atoms with E-state index in [0.29, 0.717) is 31.1 Å². The monoisotopic (exact) mass is 436 g/mol. The number of aliphatic hydroxyl groups is 1. The van der Waals surface area contributed by atoms with Crippen molar-refractivity contribution >= 4 is 17.4 Å². The molecule has 2 saturated heterocycles. The first-order valence-electron chi connectivity index (χ1n) is 10.9. The summed E-state index contributed by atoms with van der Waals surface area (Å²) >= 11 is 0. The van der Waals surface area contributed by atoms with Gasteiger partial charge >= 0.3 is 0 Å². The van der Waals surface area contributed by atoms with Crippen LogP contribution in [0.2, 0.25) is 0 Å². The zero-order valence-corrected chi connectivity index (χ0v) is 18.2. The number of amides is 1. The van der Waals surface area contributed by atoms with Crippen molar-refractivity contribution in [1.29, 1.82) is 0 Å². The summed E-state index contributed by atoms with van der Waals surface area (Å²) in [4.78, 5) is 30.0. The van der Waals surface area contributed by atoms with Gasteiger partial charge in [-0.25, -0.2) is 0 Å². The molecule has 7 heteroatoms. The predicted octanol–water partition coefficient (Wildman–Crippen LogP) is 2.84. The highest BCUT2D eigenvalue weighted by atomic mass is 16.5. The molecule has 1 N–H and O–H groups in total. The van der Waals surface area contributed by atoms with Crippen LogP contribution in [-0.2, 0) is 14.3 Å². The summed E-state index contributed by atoms with van der Waals surface area (Å²) < 4.78 is 10.8. The summed E-state index contributed by atoms with van der Waals surface area (Å²) in [5, 5.41) is 11.0. The maximum absolute atomic E-state index is 13.1. The second-order valence-electron chi connectivity index (χ2n) is 7.94. The molecule has 2 aromatic carbocycles. The van der Waals surface area contributed by atoms with E-state index in [1.165, 1.54) is 0 Å². The fraction of sp³-hybridized carbons (Fsp3) is 0.360. The molecule has 0 spiro atoms. The summed E-state index contributed by atoms with van der Waals surface area (Å²) in [6.07, 6.45) is 0.721. The van der Waals surface area contributed by atoms with Gasteiger partial charge in [-0.15, -0.1) is 0 Å². The molecule has 0 radical (unpaired) electrons. The Morgan fingerprint density at radius 2 is 1.81 bits per heavy atom. The van der Waals surface area contributed by atoms with Crippen LogP contribution in [0.25, 0.3) is 5.76 Å². The van der Waals surface area contributed by atoms with Crippen LogP contribution in [0, 0.1) is 0 Å². The SMILES string of the molecule is COc1cccc([C@@H]2/C(=C(\O)c3ccccc3)C(=O)C(=O)N2CCCN2CCOCC2)c1. The molecule has 32 heavy (non-hydrogen) atoms. The first-order chi connectivity index (χ1) is 15.6. The van der Waals surface area contributed by atoms with Gasteiger partial charge in [0.1, 0.15) is 11.5 Å². The maximum Gasteiger partial charge on any atom is 0.295 e. The Balaban J connectivity index is 1.67. The lowest BCUT2D eigenvalue weighted by Gasteiger charge is -2.29. The molecule has 0 aromatic heterocycles. The molecule has 2 aliphatic heterocycles. The number of carbonyl (C=O) groups excluding carboxylic acids is 2. The zero-order valence-electron chi connectivity index (χ0n) is 18.2. The van der Waals surface area contributed by atoms with E-state index >= 15 is 0 Å². The highest BCUT2D eigenvalue weighted by molar-refractivity contribution is 6.46. The van der Waals surface area contributed by atoms with E-state index < -0.39 is 17.7 Å². The van der Waals surface area contributed by atoms with Gasteiger partial charge in [0.05, 0.1) is 31.9 Å². The molecule has 1 atom stereocenters. The Bertz CT molecular complexity index is 998. The number of benzene rings is 2. The Kier molecular flexibility index (Phi) is 6.87. The van der Waals surface area contributed by atoms with Crippen molar-refractivity contribution in [1.82, 2.24) is 9.80 Å². The standard InChI is InChI=1S/C25H28N2O5/c1-31-20-10-5-9-19(17-20)22-21(23(28)18-7-3-2-4-8-18)24(29)25(30)27(22)12-6-11-26-13-15-32-16-14-26/h2-5,7-10,17,22,28H,6,11-16H2,1H3/b23-21+/t22-/m1/s1. The van der Waals surface area contributed by atoms with Crippen molar-refractivity contribution in [2.24, 2.45) is 0 Å². The maximum atomic E-state index is 13.1. The molecule has 0 bridgehead atoms. The van der Waals surface area contributed by atoms with Crippen molar-refractivity contribution in [3.05, 3.63) is 71.3 Å². The van der Waals surface area contributed by atoms with Crippen LogP contribution in [0.1, 0.15) is 23.6 Å². The van der Waals surface area contributed by atoms with Gasteiger partial charge < -0.3 is 19.5 Å². The Hall–Kier alpha value is -3.16. The molecule has 7 nitrogen and oxygen atoms in total. The Morgan fingerprint density at radius 1 is 1.06 bits per heavy atom. The number of ether oxygens (including phenoxy) is 2. The highest BCUT2D eigenvalue weighted by Gasteiger charge is 2.45. The third kappa shape index (κ3) is 4.54. The van der Waals surface area contributed by atoms with Gasteiger partial charge in [0, 0.05) is 31.7 Å².